The zero-order chi connectivity index (χ0) is 9.97. The first-order chi connectivity index (χ1) is 6.74. The van der Waals surface area contributed by atoms with Crippen LogP contribution in [-0.2, 0) is 0 Å². The van der Waals surface area contributed by atoms with Crippen molar-refractivity contribution in [3.8, 4) is 0 Å². The highest BCUT2D eigenvalue weighted by Crippen LogP contribution is 2.27. The third-order valence-corrected chi connectivity index (χ3v) is 3.71. The molecule has 0 aliphatic carbocycles. The highest BCUT2D eigenvalue weighted by molar-refractivity contribution is 7.99. The van der Waals surface area contributed by atoms with E-state index in [1.165, 1.54) is 25.9 Å². The van der Waals surface area contributed by atoms with Crippen LogP contribution in [-0.4, -0.2) is 45.5 Å². The number of nitrogens with one attached hydrogen (secondary N) is 1. The highest BCUT2D eigenvalue weighted by Gasteiger charge is 2.18. The van der Waals surface area contributed by atoms with Crippen molar-refractivity contribution < 1.29 is 0 Å². The van der Waals surface area contributed by atoms with Crippen molar-refractivity contribution in [2.45, 2.75) is 30.2 Å². The summed E-state index contributed by atoms with van der Waals surface area (Å²) >= 11 is 1.81. The van der Waals surface area contributed by atoms with Gasteiger partial charge in [-0.3, -0.25) is 5.10 Å². The van der Waals surface area contributed by atoms with E-state index in [1.807, 2.05) is 18.7 Å². The summed E-state index contributed by atoms with van der Waals surface area (Å²) in [7, 11) is 2.18. The lowest BCUT2D eigenvalue weighted by Crippen LogP contribution is -2.31. The van der Waals surface area contributed by atoms with Gasteiger partial charge >= 0.3 is 0 Å². The first-order valence-corrected chi connectivity index (χ1v) is 5.86. The van der Waals surface area contributed by atoms with Gasteiger partial charge in [0.25, 0.3) is 0 Å². The third kappa shape index (κ3) is 2.48. The summed E-state index contributed by atoms with van der Waals surface area (Å²) in [5, 5.41) is 8.61. The molecule has 1 aliphatic heterocycles. The Balaban J connectivity index is 1.86. The summed E-state index contributed by atoms with van der Waals surface area (Å²) < 4.78 is 0. The molecule has 78 valence electrons. The van der Waals surface area contributed by atoms with E-state index in [0.717, 1.165) is 11.0 Å². The number of likely N-dealkylation sites (tertiary alicyclic amines) is 1. The lowest BCUT2D eigenvalue weighted by molar-refractivity contribution is 0.282. The van der Waals surface area contributed by atoms with E-state index in [4.69, 9.17) is 0 Å². The average molecular weight is 212 g/mol. The molecule has 1 aliphatic rings. The molecular formula is C9H16N4S. The minimum absolute atomic E-state index is 0.696. The van der Waals surface area contributed by atoms with E-state index in [2.05, 4.69) is 27.1 Å². The topological polar surface area (TPSA) is 44.8 Å². The monoisotopic (exact) mass is 212 g/mol. The SMILES string of the molecule is Cc1nc(SC2CCN(C)CC2)n[nH]1. The second-order valence-electron chi connectivity index (χ2n) is 3.82. The van der Waals surface area contributed by atoms with Crippen LogP contribution in [0.5, 0.6) is 0 Å². The maximum Gasteiger partial charge on any atom is 0.208 e. The molecule has 0 aromatic carbocycles. The Morgan fingerprint density at radius 1 is 1.43 bits per heavy atom. The summed E-state index contributed by atoms with van der Waals surface area (Å²) in [6.45, 7) is 4.33. The highest BCUT2D eigenvalue weighted by atomic mass is 32.2. The van der Waals surface area contributed by atoms with Crippen molar-refractivity contribution in [2.75, 3.05) is 20.1 Å². The van der Waals surface area contributed by atoms with Crippen molar-refractivity contribution in [3.63, 3.8) is 0 Å². The number of piperidine rings is 1. The lowest BCUT2D eigenvalue weighted by atomic mass is 10.1. The summed E-state index contributed by atoms with van der Waals surface area (Å²) in [6.07, 6.45) is 2.49. The number of hydrogen-bond donors (Lipinski definition) is 1. The molecule has 4 nitrogen and oxygen atoms in total. The van der Waals surface area contributed by atoms with Crippen LogP contribution < -0.4 is 0 Å². The van der Waals surface area contributed by atoms with E-state index >= 15 is 0 Å². The molecular weight excluding hydrogens is 196 g/mol. The van der Waals surface area contributed by atoms with E-state index in [-0.39, 0.29) is 0 Å². The van der Waals surface area contributed by atoms with Crippen LogP contribution in [0.1, 0.15) is 18.7 Å². The van der Waals surface area contributed by atoms with Crippen molar-refractivity contribution >= 4 is 11.8 Å². The molecule has 0 spiro atoms. The lowest BCUT2D eigenvalue weighted by Gasteiger charge is -2.27. The fourth-order valence-corrected chi connectivity index (χ4v) is 2.66. The predicted molar refractivity (Wildman–Crippen MR) is 57.5 cm³/mol. The normalized spacial score (nSPS) is 20.1. The number of nitrogens with zero attached hydrogens (tertiary/aromatic N) is 3. The molecule has 5 heteroatoms. The Bertz CT molecular complexity index is 291. The van der Waals surface area contributed by atoms with E-state index in [0.29, 0.717) is 5.25 Å². The zero-order valence-corrected chi connectivity index (χ0v) is 9.47. The summed E-state index contributed by atoms with van der Waals surface area (Å²) in [5.41, 5.74) is 0. The Morgan fingerprint density at radius 3 is 2.71 bits per heavy atom. The van der Waals surface area contributed by atoms with Gasteiger partial charge in [-0.15, -0.1) is 5.10 Å². The van der Waals surface area contributed by atoms with Gasteiger partial charge in [-0.25, -0.2) is 4.98 Å². The third-order valence-electron chi connectivity index (χ3n) is 2.51. The molecule has 0 atom stereocenters. The smallest absolute Gasteiger partial charge is 0.208 e. The number of aromatic amines is 1. The van der Waals surface area contributed by atoms with Gasteiger partial charge in [-0.1, -0.05) is 11.8 Å². The molecule has 0 bridgehead atoms. The zero-order valence-electron chi connectivity index (χ0n) is 8.66. The fraction of sp³-hybridized carbons (Fsp3) is 0.778. The van der Waals surface area contributed by atoms with Crippen LogP contribution >= 0.6 is 11.8 Å². The maximum absolute atomic E-state index is 4.31. The fourth-order valence-electron chi connectivity index (χ4n) is 1.63. The van der Waals surface area contributed by atoms with Gasteiger partial charge in [-0.05, 0) is 39.9 Å². The quantitative estimate of drug-likeness (QED) is 0.802. The molecule has 1 aromatic heterocycles. The molecule has 2 heterocycles. The standard InChI is InChI=1S/C9H16N4S/c1-7-10-9(12-11-7)14-8-3-5-13(2)6-4-8/h8H,3-6H2,1-2H3,(H,10,11,12). The molecule has 0 amide bonds. The number of thioether (sulfide) groups is 1. The van der Waals surface area contributed by atoms with Crippen molar-refractivity contribution in [3.05, 3.63) is 5.82 Å². The first kappa shape index (κ1) is 9.98. The number of hydrogen-bond acceptors (Lipinski definition) is 4. The Kier molecular flexibility index (Phi) is 3.08. The van der Waals surface area contributed by atoms with Crippen LogP contribution in [0.15, 0.2) is 5.16 Å². The molecule has 1 N–H and O–H groups in total. The average Bonchev–Trinajstić information content (AvgIpc) is 2.56. The van der Waals surface area contributed by atoms with Crippen LogP contribution in [0.2, 0.25) is 0 Å². The van der Waals surface area contributed by atoms with E-state index in [9.17, 15) is 0 Å². The van der Waals surface area contributed by atoms with Gasteiger partial charge < -0.3 is 4.90 Å². The molecule has 0 radical (unpaired) electrons. The molecule has 0 saturated carbocycles. The van der Waals surface area contributed by atoms with Gasteiger partial charge in [0.05, 0.1) is 0 Å². The minimum atomic E-state index is 0.696. The Labute approximate surface area is 88.5 Å². The van der Waals surface area contributed by atoms with Gasteiger partial charge in [0.2, 0.25) is 5.16 Å². The number of rotatable bonds is 2. The van der Waals surface area contributed by atoms with Gasteiger partial charge in [-0.2, -0.15) is 0 Å². The maximum atomic E-state index is 4.31. The van der Waals surface area contributed by atoms with Gasteiger partial charge in [0.1, 0.15) is 5.82 Å². The molecule has 1 aromatic rings. The second kappa shape index (κ2) is 4.31. The number of aromatic nitrogens is 3. The van der Waals surface area contributed by atoms with Crippen LogP contribution in [0.4, 0.5) is 0 Å². The molecule has 0 unspecified atom stereocenters. The summed E-state index contributed by atoms with van der Waals surface area (Å²) in [6, 6.07) is 0. The minimum Gasteiger partial charge on any atom is -0.306 e. The predicted octanol–water partition coefficient (Wildman–Crippen LogP) is 1.30. The number of H-pyrrole nitrogens is 1. The summed E-state index contributed by atoms with van der Waals surface area (Å²) in [4.78, 5) is 6.68. The Hall–Kier alpha value is -0.550. The first-order valence-electron chi connectivity index (χ1n) is 4.98. The molecule has 1 saturated heterocycles. The molecule has 14 heavy (non-hydrogen) atoms. The number of aryl methyl sites for hydroxylation is 1. The molecule has 2 rings (SSSR count). The van der Waals surface area contributed by atoms with Crippen LogP contribution in [0.25, 0.3) is 0 Å². The molecule has 1 fully saturated rings. The van der Waals surface area contributed by atoms with Crippen molar-refractivity contribution in [1.29, 1.82) is 0 Å². The summed E-state index contributed by atoms with van der Waals surface area (Å²) in [5.74, 6) is 0.903. The van der Waals surface area contributed by atoms with Crippen LogP contribution in [0, 0.1) is 6.92 Å². The second-order valence-corrected chi connectivity index (χ2v) is 5.09. The van der Waals surface area contributed by atoms with Crippen molar-refractivity contribution in [2.24, 2.45) is 0 Å². The van der Waals surface area contributed by atoms with Gasteiger partial charge in [0.15, 0.2) is 0 Å². The van der Waals surface area contributed by atoms with E-state index < -0.39 is 0 Å². The van der Waals surface area contributed by atoms with Crippen LogP contribution in [0.3, 0.4) is 0 Å². The Morgan fingerprint density at radius 2 is 2.14 bits per heavy atom. The largest absolute Gasteiger partial charge is 0.306 e. The van der Waals surface area contributed by atoms with Crippen molar-refractivity contribution in [1.82, 2.24) is 20.1 Å². The van der Waals surface area contributed by atoms with E-state index in [1.54, 1.807) is 0 Å². The van der Waals surface area contributed by atoms with Gasteiger partial charge in [0, 0.05) is 5.25 Å².